The van der Waals surface area contributed by atoms with Crippen LogP contribution in [0.3, 0.4) is 0 Å². The summed E-state index contributed by atoms with van der Waals surface area (Å²) in [5, 5.41) is 0.427. The SMILES string of the molecule is Nc1ccc(-c2ccccc2)c(N)c1Cl. The Balaban J connectivity index is 2.60. The van der Waals surface area contributed by atoms with E-state index in [4.69, 9.17) is 23.1 Å². The first-order valence-corrected chi connectivity index (χ1v) is 4.97. The zero-order valence-corrected chi connectivity index (χ0v) is 8.83. The summed E-state index contributed by atoms with van der Waals surface area (Å²) in [6, 6.07) is 13.5. The molecular formula is C12H11ClN2. The van der Waals surface area contributed by atoms with Gasteiger partial charge in [0.2, 0.25) is 0 Å². The molecule has 0 aliphatic rings. The maximum Gasteiger partial charge on any atom is 0.0870 e. The predicted octanol–water partition coefficient (Wildman–Crippen LogP) is 3.17. The van der Waals surface area contributed by atoms with Crippen LogP contribution in [-0.4, -0.2) is 0 Å². The van der Waals surface area contributed by atoms with E-state index in [9.17, 15) is 0 Å². The fourth-order valence-electron chi connectivity index (χ4n) is 1.48. The summed E-state index contributed by atoms with van der Waals surface area (Å²) in [5.41, 5.74) is 14.5. The number of halogens is 1. The van der Waals surface area contributed by atoms with Crippen molar-refractivity contribution in [3.8, 4) is 11.1 Å². The Kier molecular flexibility index (Phi) is 2.52. The number of hydrogen-bond acceptors (Lipinski definition) is 2. The van der Waals surface area contributed by atoms with Crippen molar-refractivity contribution in [3.63, 3.8) is 0 Å². The smallest absolute Gasteiger partial charge is 0.0870 e. The average Bonchev–Trinajstić information content (AvgIpc) is 2.27. The van der Waals surface area contributed by atoms with E-state index in [0.29, 0.717) is 16.4 Å². The Morgan fingerprint density at radius 3 is 2.20 bits per heavy atom. The highest BCUT2D eigenvalue weighted by atomic mass is 35.5. The number of nitrogens with two attached hydrogens (primary N) is 2. The molecule has 4 N–H and O–H groups in total. The van der Waals surface area contributed by atoms with Gasteiger partial charge in [-0.3, -0.25) is 0 Å². The third kappa shape index (κ3) is 1.76. The summed E-state index contributed by atoms with van der Waals surface area (Å²) in [5.74, 6) is 0. The van der Waals surface area contributed by atoms with Crippen molar-refractivity contribution in [2.75, 3.05) is 11.5 Å². The molecular weight excluding hydrogens is 208 g/mol. The van der Waals surface area contributed by atoms with E-state index in [1.165, 1.54) is 0 Å². The summed E-state index contributed by atoms with van der Waals surface area (Å²) in [7, 11) is 0. The summed E-state index contributed by atoms with van der Waals surface area (Å²) in [4.78, 5) is 0. The molecule has 0 spiro atoms. The molecule has 0 bridgehead atoms. The molecule has 0 radical (unpaired) electrons. The number of anilines is 2. The highest BCUT2D eigenvalue weighted by molar-refractivity contribution is 6.36. The second-order valence-electron chi connectivity index (χ2n) is 3.30. The normalized spacial score (nSPS) is 10.2. The molecule has 76 valence electrons. The summed E-state index contributed by atoms with van der Waals surface area (Å²) < 4.78 is 0. The fourth-order valence-corrected chi connectivity index (χ4v) is 1.64. The van der Waals surface area contributed by atoms with Gasteiger partial charge in [0.1, 0.15) is 0 Å². The van der Waals surface area contributed by atoms with Gasteiger partial charge in [0, 0.05) is 5.56 Å². The number of nitrogen functional groups attached to an aromatic ring is 2. The van der Waals surface area contributed by atoms with E-state index in [2.05, 4.69) is 0 Å². The van der Waals surface area contributed by atoms with Crippen LogP contribution in [-0.2, 0) is 0 Å². The molecule has 0 fully saturated rings. The van der Waals surface area contributed by atoms with Gasteiger partial charge in [0.25, 0.3) is 0 Å². The van der Waals surface area contributed by atoms with Crippen LogP contribution in [0.1, 0.15) is 0 Å². The van der Waals surface area contributed by atoms with Crippen LogP contribution >= 0.6 is 11.6 Å². The Hall–Kier alpha value is -1.67. The molecule has 3 heteroatoms. The molecule has 0 unspecified atom stereocenters. The third-order valence-corrected chi connectivity index (χ3v) is 2.72. The van der Waals surface area contributed by atoms with E-state index in [1.54, 1.807) is 6.07 Å². The summed E-state index contributed by atoms with van der Waals surface area (Å²) in [6.45, 7) is 0. The van der Waals surface area contributed by atoms with Crippen LogP contribution in [0.4, 0.5) is 11.4 Å². The largest absolute Gasteiger partial charge is 0.397 e. The lowest BCUT2D eigenvalue weighted by molar-refractivity contribution is 1.60. The van der Waals surface area contributed by atoms with Gasteiger partial charge in [-0.15, -0.1) is 0 Å². The van der Waals surface area contributed by atoms with Gasteiger partial charge in [0.05, 0.1) is 16.4 Å². The van der Waals surface area contributed by atoms with Gasteiger partial charge in [-0.1, -0.05) is 48.0 Å². The Labute approximate surface area is 93.5 Å². The zero-order valence-electron chi connectivity index (χ0n) is 8.07. The second-order valence-corrected chi connectivity index (χ2v) is 3.67. The lowest BCUT2D eigenvalue weighted by atomic mass is 10.0. The monoisotopic (exact) mass is 218 g/mol. The lowest BCUT2D eigenvalue weighted by Gasteiger charge is -2.09. The minimum atomic E-state index is 0.427. The van der Waals surface area contributed by atoms with Crippen LogP contribution < -0.4 is 11.5 Å². The third-order valence-electron chi connectivity index (χ3n) is 2.29. The van der Waals surface area contributed by atoms with Crippen LogP contribution in [0, 0.1) is 0 Å². The van der Waals surface area contributed by atoms with Crippen molar-refractivity contribution < 1.29 is 0 Å². The Morgan fingerprint density at radius 1 is 0.867 bits per heavy atom. The van der Waals surface area contributed by atoms with Crippen LogP contribution in [0.25, 0.3) is 11.1 Å². The van der Waals surface area contributed by atoms with Crippen LogP contribution in [0.2, 0.25) is 5.02 Å². The minimum absolute atomic E-state index is 0.427. The first kappa shape index (κ1) is 9.87. The number of rotatable bonds is 1. The van der Waals surface area contributed by atoms with Crippen LogP contribution in [0.15, 0.2) is 42.5 Å². The molecule has 2 nitrogen and oxygen atoms in total. The van der Waals surface area contributed by atoms with E-state index in [-0.39, 0.29) is 0 Å². The molecule has 2 aromatic carbocycles. The number of hydrogen-bond donors (Lipinski definition) is 2. The standard InChI is InChI=1S/C12H11ClN2/c13-11-10(14)7-6-9(12(11)15)8-4-2-1-3-5-8/h1-7H,14-15H2. The maximum atomic E-state index is 5.98. The molecule has 2 aromatic rings. The highest BCUT2D eigenvalue weighted by Gasteiger charge is 2.07. The molecule has 0 aliphatic carbocycles. The quantitative estimate of drug-likeness (QED) is 0.723. The minimum Gasteiger partial charge on any atom is -0.397 e. The van der Waals surface area contributed by atoms with Crippen molar-refractivity contribution in [2.24, 2.45) is 0 Å². The molecule has 0 aliphatic heterocycles. The van der Waals surface area contributed by atoms with E-state index in [0.717, 1.165) is 11.1 Å². The average molecular weight is 219 g/mol. The topological polar surface area (TPSA) is 52.0 Å². The summed E-state index contributed by atoms with van der Waals surface area (Å²) in [6.07, 6.45) is 0. The highest BCUT2D eigenvalue weighted by Crippen LogP contribution is 2.34. The molecule has 2 rings (SSSR count). The second kappa shape index (κ2) is 3.83. The Morgan fingerprint density at radius 2 is 1.53 bits per heavy atom. The summed E-state index contributed by atoms with van der Waals surface area (Å²) >= 11 is 5.98. The molecule has 0 saturated carbocycles. The van der Waals surface area contributed by atoms with Gasteiger partial charge in [-0.25, -0.2) is 0 Å². The van der Waals surface area contributed by atoms with Gasteiger partial charge in [0.15, 0.2) is 0 Å². The van der Waals surface area contributed by atoms with Crippen molar-refractivity contribution >= 4 is 23.0 Å². The molecule has 15 heavy (non-hydrogen) atoms. The van der Waals surface area contributed by atoms with Gasteiger partial charge < -0.3 is 11.5 Å². The van der Waals surface area contributed by atoms with Crippen molar-refractivity contribution in [3.05, 3.63) is 47.5 Å². The van der Waals surface area contributed by atoms with E-state index in [1.807, 2.05) is 36.4 Å². The van der Waals surface area contributed by atoms with Crippen molar-refractivity contribution in [1.82, 2.24) is 0 Å². The molecule has 0 atom stereocenters. The van der Waals surface area contributed by atoms with E-state index < -0.39 is 0 Å². The molecule has 0 aromatic heterocycles. The van der Waals surface area contributed by atoms with Crippen molar-refractivity contribution in [1.29, 1.82) is 0 Å². The first-order chi connectivity index (χ1) is 7.20. The number of benzene rings is 2. The maximum absolute atomic E-state index is 5.98. The van der Waals surface area contributed by atoms with Gasteiger partial charge in [-0.05, 0) is 11.6 Å². The first-order valence-electron chi connectivity index (χ1n) is 4.59. The molecule has 0 saturated heterocycles. The van der Waals surface area contributed by atoms with Gasteiger partial charge >= 0.3 is 0 Å². The van der Waals surface area contributed by atoms with Gasteiger partial charge in [-0.2, -0.15) is 0 Å². The Bertz CT molecular complexity index is 480. The fraction of sp³-hybridized carbons (Fsp3) is 0. The zero-order chi connectivity index (χ0) is 10.8. The predicted molar refractivity (Wildman–Crippen MR) is 65.7 cm³/mol. The lowest BCUT2D eigenvalue weighted by Crippen LogP contribution is -1.95. The van der Waals surface area contributed by atoms with E-state index >= 15 is 0 Å². The molecule has 0 heterocycles. The molecule has 0 amide bonds. The van der Waals surface area contributed by atoms with Crippen LogP contribution in [0.5, 0.6) is 0 Å². The van der Waals surface area contributed by atoms with Crippen molar-refractivity contribution in [2.45, 2.75) is 0 Å².